The molecule has 0 saturated carbocycles. The highest BCUT2D eigenvalue weighted by Crippen LogP contribution is 2.19. The smallest absolute Gasteiger partial charge is 0.255 e. The summed E-state index contributed by atoms with van der Waals surface area (Å²) in [5.74, 6) is -0.918. The van der Waals surface area contributed by atoms with E-state index in [0.29, 0.717) is 11.6 Å². The number of nitrogens with zero attached hydrogens (tertiary/aromatic N) is 2. The molecule has 0 aromatic heterocycles. The second-order valence-electron chi connectivity index (χ2n) is 4.15. The van der Waals surface area contributed by atoms with Gasteiger partial charge in [-0.25, -0.2) is 9.79 Å². The number of hydrogen-bond donors (Lipinski definition) is 0. The van der Waals surface area contributed by atoms with E-state index in [1.54, 1.807) is 0 Å². The van der Waals surface area contributed by atoms with Gasteiger partial charge in [-0.2, -0.15) is 0 Å². The molecule has 0 unspecified atom stereocenters. The summed E-state index contributed by atoms with van der Waals surface area (Å²) in [5, 5.41) is 0. The summed E-state index contributed by atoms with van der Waals surface area (Å²) in [7, 11) is 0. The van der Waals surface area contributed by atoms with Gasteiger partial charge < -0.3 is 0 Å². The van der Waals surface area contributed by atoms with Crippen LogP contribution in [-0.4, -0.2) is 28.8 Å². The maximum Gasteiger partial charge on any atom is 0.485 e. The van der Waals surface area contributed by atoms with Crippen LogP contribution in [0, 0.1) is 0 Å². The standard InChI is InChI=1S/C13H13N2O2/c1-9(2)10-3-5-11(6-4-10)15-8-7-14-12(16)13(15)17/h3-9H,1-2H3/q+1. The highest BCUT2D eigenvalue weighted by Gasteiger charge is 2.30. The van der Waals surface area contributed by atoms with E-state index in [4.69, 9.17) is 0 Å². The summed E-state index contributed by atoms with van der Waals surface area (Å²) in [5.41, 5.74) is 1.87. The van der Waals surface area contributed by atoms with E-state index < -0.39 is 11.8 Å². The highest BCUT2D eigenvalue weighted by atomic mass is 16.2. The van der Waals surface area contributed by atoms with Gasteiger partial charge in [0.2, 0.25) is 5.69 Å². The molecule has 4 nitrogen and oxygen atoms in total. The monoisotopic (exact) mass is 229 g/mol. The van der Waals surface area contributed by atoms with Gasteiger partial charge in [-0.05, 0) is 11.5 Å². The van der Waals surface area contributed by atoms with Crippen molar-refractivity contribution in [2.75, 3.05) is 0 Å². The fraction of sp³-hybridized carbons (Fsp3) is 0.231. The van der Waals surface area contributed by atoms with Crippen LogP contribution >= 0.6 is 0 Å². The van der Waals surface area contributed by atoms with Crippen LogP contribution in [0.4, 0.5) is 5.69 Å². The number of carbonyl (C=O) groups excluding carboxylic acids is 2. The van der Waals surface area contributed by atoms with Gasteiger partial charge in [0.25, 0.3) is 0 Å². The van der Waals surface area contributed by atoms with Gasteiger partial charge in [-0.15, -0.1) is 4.58 Å². The first-order chi connectivity index (χ1) is 8.09. The van der Waals surface area contributed by atoms with Crippen LogP contribution in [-0.2, 0) is 9.59 Å². The molecule has 2 amide bonds. The Labute approximate surface area is 99.3 Å². The predicted octanol–water partition coefficient (Wildman–Crippen LogP) is 1.66. The topological polar surface area (TPSA) is 49.5 Å². The van der Waals surface area contributed by atoms with Gasteiger partial charge in [0.15, 0.2) is 6.21 Å². The van der Waals surface area contributed by atoms with E-state index in [1.165, 1.54) is 22.6 Å². The number of rotatable bonds is 2. The van der Waals surface area contributed by atoms with Crippen molar-refractivity contribution >= 4 is 29.9 Å². The molecule has 0 bridgehead atoms. The lowest BCUT2D eigenvalue weighted by atomic mass is 10.0. The lowest BCUT2D eigenvalue weighted by molar-refractivity contribution is -0.356. The molecule has 1 aromatic rings. The van der Waals surface area contributed by atoms with Gasteiger partial charge in [0, 0.05) is 12.1 Å². The number of aliphatic imine (C=N–C) groups is 1. The van der Waals surface area contributed by atoms with Crippen molar-refractivity contribution in [3.8, 4) is 0 Å². The molecular formula is C13H13N2O2+. The summed E-state index contributed by atoms with van der Waals surface area (Å²) >= 11 is 0. The van der Waals surface area contributed by atoms with Crippen LogP contribution in [0.3, 0.4) is 0 Å². The van der Waals surface area contributed by atoms with Crippen molar-refractivity contribution in [3.63, 3.8) is 0 Å². The Bertz CT molecular complexity index is 525. The second-order valence-corrected chi connectivity index (χ2v) is 4.15. The Balaban J connectivity index is 2.35. The Morgan fingerprint density at radius 2 is 1.76 bits per heavy atom. The summed E-state index contributed by atoms with van der Waals surface area (Å²) in [6.07, 6.45) is 2.83. The van der Waals surface area contributed by atoms with Crippen LogP contribution in [0.1, 0.15) is 25.3 Å². The van der Waals surface area contributed by atoms with Crippen LogP contribution < -0.4 is 0 Å². The molecular weight excluding hydrogens is 216 g/mol. The average Bonchev–Trinajstić information content (AvgIpc) is 2.33. The lowest BCUT2D eigenvalue weighted by Crippen LogP contribution is -2.28. The predicted molar refractivity (Wildman–Crippen MR) is 65.0 cm³/mol. The maximum absolute atomic E-state index is 11.6. The van der Waals surface area contributed by atoms with Crippen molar-refractivity contribution in [1.82, 2.24) is 0 Å². The molecule has 4 heteroatoms. The quantitative estimate of drug-likeness (QED) is 0.572. The molecule has 0 saturated heterocycles. The van der Waals surface area contributed by atoms with Crippen molar-refractivity contribution in [2.45, 2.75) is 19.8 Å². The fourth-order valence-corrected chi connectivity index (χ4v) is 1.62. The molecule has 1 aliphatic heterocycles. The highest BCUT2D eigenvalue weighted by molar-refractivity contribution is 6.39. The van der Waals surface area contributed by atoms with Gasteiger partial charge in [0.05, 0.1) is 6.21 Å². The summed E-state index contributed by atoms with van der Waals surface area (Å²) in [4.78, 5) is 26.1. The van der Waals surface area contributed by atoms with Crippen LogP contribution in [0.25, 0.3) is 0 Å². The Kier molecular flexibility index (Phi) is 2.95. The van der Waals surface area contributed by atoms with E-state index in [2.05, 4.69) is 18.8 Å². The third kappa shape index (κ3) is 2.20. The molecule has 2 rings (SSSR count). The van der Waals surface area contributed by atoms with Crippen LogP contribution in [0.2, 0.25) is 0 Å². The largest absolute Gasteiger partial charge is 0.485 e. The van der Waals surface area contributed by atoms with E-state index in [-0.39, 0.29) is 0 Å². The minimum Gasteiger partial charge on any atom is -0.255 e. The Hall–Kier alpha value is -2.10. The normalized spacial score (nSPS) is 15.4. The molecule has 0 N–H and O–H groups in total. The van der Waals surface area contributed by atoms with Crippen LogP contribution in [0.5, 0.6) is 0 Å². The molecule has 1 aromatic carbocycles. The number of benzene rings is 1. The van der Waals surface area contributed by atoms with Gasteiger partial charge in [0.1, 0.15) is 0 Å². The van der Waals surface area contributed by atoms with Gasteiger partial charge >= 0.3 is 11.8 Å². The van der Waals surface area contributed by atoms with E-state index in [0.717, 1.165) is 0 Å². The number of carbonyl (C=O) groups is 2. The van der Waals surface area contributed by atoms with Crippen LogP contribution in [0.15, 0.2) is 29.3 Å². The number of amides is 2. The minimum absolute atomic E-state index is 0.438. The van der Waals surface area contributed by atoms with Crippen molar-refractivity contribution < 1.29 is 14.2 Å². The fourth-order valence-electron chi connectivity index (χ4n) is 1.62. The lowest BCUT2D eigenvalue weighted by Gasteiger charge is -2.05. The van der Waals surface area contributed by atoms with Gasteiger partial charge in [-0.3, -0.25) is 4.79 Å². The first kappa shape index (κ1) is 11.4. The zero-order valence-electron chi connectivity index (χ0n) is 9.75. The summed E-state index contributed by atoms with van der Waals surface area (Å²) in [6.45, 7) is 4.20. The molecule has 0 aliphatic carbocycles. The summed E-state index contributed by atoms with van der Waals surface area (Å²) < 4.78 is 1.30. The molecule has 0 radical (unpaired) electrons. The zero-order chi connectivity index (χ0) is 12.4. The maximum atomic E-state index is 11.6. The number of hydrogen-bond acceptors (Lipinski definition) is 2. The Morgan fingerprint density at radius 1 is 1.12 bits per heavy atom. The molecule has 1 aliphatic rings. The van der Waals surface area contributed by atoms with E-state index in [9.17, 15) is 9.59 Å². The minimum atomic E-state index is -0.736. The molecule has 0 fully saturated rings. The van der Waals surface area contributed by atoms with Crippen molar-refractivity contribution in [1.29, 1.82) is 0 Å². The molecule has 86 valence electrons. The molecule has 0 spiro atoms. The van der Waals surface area contributed by atoms with Crippen molar-refractivity contribution in [3.05, 3.63) is 29.8 Å². The average molecular weight is 229 g/mol. The second kappa shape index (κ2) is 4.41. The van der Waals surface area contributed by atoms with Gasteiger partial charge in [-0.1, -0.05) is 26.0 Å². The SMILES string of the molecule is CC(C)c1ccc([N+]2=CC=NC(=O)C2=O)cc1. The summed E-state index contributed by atoms with van der Waals surface area (Å²) in [6, 6.07) is 7.57. The van der Waals surface area contributed by atoms with Crippen molar-refractivity contribution in [2.24, 2.45) is 4.99 Å². The zero-order valence-corrected chi connectivity index (χ0v) is 9.75. The molecule has 0 atom stereocenters. The third-order valence-corrected chi connectivity index (χ3v) is 2.65. The third-order valence-electron chi connectivity index (χ3n) is 2.65. The Morgan fingerprint density at radius 3 is 2.35 bits per heavy atom. The molecule has 1 heterocycles. The van der Waals surface area contributed by atoms with E-state index in [1.807, 2.05) is 24.3 Å². The first-order valence-electron chi connectivity index (χ1n) is 5.44. The molecule has 17 heavy (non-hydrogen) atoms. The van der Waals surface area contributed by atoms with E-state index >= 15 is 0 Å². The first-order valence-corrected chi connectivity index (χ1v) is 5.44.